The van der Waals surface area contributed by atoms with Crippen molar-refractivity contribution in [1.29, 1.82) is 0 Å². The molecule has 174 valence electrons. The molecule has 9 nitrogen and oxygen atoms in total. The Labute approximate surface area is 198 Å². The minimum absolute atomic E-state index is 0.262. The molecule has 9 heteroatoms. The lowest BCUT2D eigenvalue weighted by Gasteiger charge is -2.36. The molecule has 0 atom stereocenters. The number of hydrogen-bond acceptors (Lipinski definition) is 7. The van der Waals surface area contributed by atoms with Crippen molar-refractivity contribution in [2.75, 3.05) is 37.4 Å². The highest BCUT2D eigenvalue weighted by molar-refractivity contribution is 6.04. The summed E-state index contributed by atoms with van der Waals surface area (Å²) in [6.07, 6.45) is 9.12. The van der Waals surface area contributed by atoms with E-state index in [0.717, 1.165) is 53.8 Å². The molecule has 1 N–H and O–H groups in total. The van der Waals surface area contributed by atoms with Crippen molar-refractivity contribution >= 4 is 28.6 Å². The van der Waals surface area contributed by atoms with Gasteiger partial charge < -0.3 is 9.80 Å². The molecule has 0 aliphatic carbocycles. The third kappa shape index (κ3) is 4.47. The Hall–Kier alpha value is -3.85. The monoisotopic (exact) mass is 456 g/mol. The third-order valence-corrected chi connectivity index (χ3v) is 6.38. The van der Waals surface area contributed by atoms with E-state index < -0.39 is 0 Å². The fourth-order valence-corrected chi connectivity index (χ4v) is 4.43. The minimum atomic E-state index is -0.262. The quantitative estimate of drug-likeness (QED) is 0.493. The highest BCUT2D eigenvalue weighted by Crippen LogP contribution is 2.31. The van der Waals surface area contributed by atoms with Gasteiger partial charge in [-0.2, -0.15) is 10.1 Å². The molecule has 1 aromatic carbocycles. The predicted molar refractivity (Wildman–Crippen MR) is 133 cm³/mol. The second-order valence-electron chi connectivity index (χ2n) is 8.88. The Bertz CT molecular complexity index is 1310. The van der Waals surface area contributed by atoms with E-state index in [9.17, 15) is 4.79 Å². The van der Waals surface area contributed by atoms with Gasteiger partial charge in [0.15, 0.2) is 0 Å². The zero-order chi connectivity index (χ0) is 23.7. The molecular weight excluding hydrogens is 428 g/mol. The number of aryl methyl sites for hydroxylation is 1. The van der Waals surface area contributed by atoms with E-state index in [1.54, 1.807) is 29.2 Å². The van der Waals surface area contributed by atoms with Crippen LogP contribution < -0.4 is 10.2 Å². The lowest BCUT2D eigenvalue weighted by Crippen LogP contribution is -2.42. The summed E-state index contributed by atoms with van der Waals surface area (Å²) in [5.74, 6) is 0.884. The maximum atomic E-state index is 12.8. The molecule has 4 aromatic rings. The first-order chi connectivity index (χ1) is 16.5. The van der Waals surface area contributed by atoms with Crippen LogP contribution in [0, 0.1) is 0 Å². The number of amides is 1. The van der Waals surface area contributed by atoms with Crippen LogP contribution in [0.25, 0.3) is 22.0 Å². The van der Waals surface area contributed by atoms with Crippen molar-refractivity contribution < 1.29 is 4.79 Å². The van der Waals surface area contributed by atoms with Gasteiger partial charge in [-0.25, -0.2) is 4.98 Å². The Balaban J connectivity index is 1.53. The molecule has 34 heavy (non-hydrogen) atoms. The van der Waals surface area contributed by atoms with Gasteiger partial charge in [0, 0.05) is 61.3 Å². The molecule has 4 heterocycles. The highest BCUT2D eigenvalue weighted by atomic mass is 16.1. The van der Waals surface area contributed by atoms with Gasteiger partial charge in [0.25, 0.3) is 5.91 Å². The number of piperidine rings is 1. The summed E-state index contributed by atoms with van der Waals surface area (Å²) < 4.78 is 1.78. The fraction of sp³-hybridized carbons (Fsp3) is 0.320. The highest BCUT2D eigenvalue weighted by Gasteiger charge is 2.24. The van der Waals surface area contributed by atoms with Crippen LogP contribution in [-0.4, -0.2) is 68.8 Å². The Morgan fingerprint density at radius 3 is 2.50 bits per heavy atom. The normalized spacial score (nSPS) is 14.6. The van der Waals surface area contributed by atoms with Crippen molar-refractivity contribution in [3.05, 3.63) is 60.7 Å². The van der Waals surface area contributed by atoms with Crippen LogP contribution >= 0.6 is 0 Å². The maximum Gasteiger partial charge on any atom is 0.258 e. The van der Waals surface area contributed by atoms with Gasteiger partial charge in [-0.1, -0.05) is 6.07 Å². The number of nitrogens with one attached hydrogen (secondary N) is 1. The first-order valence-electron chi connectivity index (χ1n) is 11.4. The molecule has 3 aromatic heterocycles. The summed E-state index contributed by atoms with van der Waals surface area (Å²) in [5.41, 5.74) is 3.32. The van der Waals surface area contributed by atoms with Crippen LogP contribution in [0.5, 0.6) is 0 Å². The van der Waals surface area contributed by atoms with Gasteiger partial charge in [0.05, 0.1) is 11.7 Å². The van der Waals surface area contributed by atoms with Gasteiger partial charge in [0.2, 0.25) is 5.95 Å². The Morgan fingerprint density at radius 1 is 1.06 bits per heavy atom. The number of carbonyl (C=O) groups is 1. The van der Waals surface area contributed by atoms with Crippen molar-refractivity contribution in [3.63, 3.8) is 0 Å². The molecule has 1 aliphatic rings. The summed E-state index contributed by atoms with van der Waals surface area (Å²) in [4.78, 5) is 30.9. The van der Waals surface area contributed by atoms with E-state index >= 15 is 0 Å². The number of hydrogen-bond donors (Lipinski definition) is 1. The van der Waals surface area contributed by atoms with Gasteiger partial charge in [-0.05, 0) is 56.8 Å². The largest absolute Gasteiger partial charge is 0.356 e. The first kappa shape index (κ1) is 22.0. The molecule has 0 radical (unpaired) electrons. The summed E-state index contributed by atoms with van der Waals surface area (Å²) >= 11 is 0. The van der Waals surface area contributed by atoms with Gasteiger partial charge in [0.1, 0.15) is 5.82 Å². The van der Waals surface area contributed by atoms with Crippen LogP contribution in [0.4, 0.5) is 11.8 Å². The van der Waals surface area contributed by atoms with Crippen molar-refractivity contribution in [2.24, 2.45) is 7.05 Å². The summed E-state index contributed by atoms with van der Waals surface area (Å²) in [6.45, 7) is 1.80. The average molecular weight is 457 g/mol. The third-order valence-electron chi connectivity index (χ3n) is 6.38. The lowest BCUT2D eigenvalue weighted by molar-refractivity contribution is 0.102. The van der Waals surface area contributed by atoms with Crippen LogP contribution in [0.3, 0.4) is 0 Å². The van der Waals surface area contributed by atoms with Crippen LogP contribution in [0.1, 0.15) is 23.2 Å². The summed E-state index contributed by atoms with van der Waals surface area (Å²) in [5, 5.41) is 8.14. The number of nitrogens with zero attached hydrogens (tertiary/aromatic N) is 7. The van der Waals surface area contributed by atoms with Crippen LogP contribution in [0.15, 0.2) is 55.1 Å². The fourth-order valence-electron chi connectivity index (χ4n) is 4.43. The van der Waals surface area contributed by atoms with Crippen LogP contribution in [-0.2, 0) is 7.05 Å². The number of aromatic nitrogens is 5. The molecule has 1 amide bonds. The van der Waals surface area contributed by atoms with E-state index in [-0.39, 0.29) is 5.91 Å². The molecule has 1 fully saturated rings. The standard InChI is InChI=1S/C25H28N8O/c1-31(2)20-8-12-33(13-9-20)23-21-5-4-18(19-15-27-32(3)16-19)14-22(21)28-25(29-23)30-24(34)17-6-10-26-11-7-17/h4-7,10-11,14-16,20H,8-9,12-13H2,1-3H3,(H,28,29,30,34). The van der Waals surface area contributed by atoms with Crippen LogP contribution in [0.2, 0.25) is 0 Å². The van der Waals surface area contributed by atoms with E-state index in [4.69, 9.17) is 9.97 Å². The Kier molecular flexibility index (Phi) is 5.93. The SMILES string of the molecule is CN(C)C1CCN(c2nc(NC(=O)c3ccncc3)nc3cc(-c4cnn(C)c4)ccc23)CC1. The van der Waals surface area contributed by atoms with E-state index in [2.05, 4.69) is 51.4 Å². The number of benzene rings is 1. The smallest absolute Gasteiger partial charge is 0.258 e. The second kappa shape index (κ2) is 9.18. The molecule has 0 bridgehead atoms. The number of carbonyl (C=O) groups excluding carboxylic acids is 1. The minimum Gasteiger partial charge on any atom is -0.356 e. The molecule has 0 saturated carbocycles. The van der Waals surface area contributed by atoms with E-state index in [1.807, 2.05) is 25.5 Å². The number of fused-ring (bicyclic) bond motifs is 1. The van der Waals surface area contributed by atoms with Gasteiger partial charge in [-0.3, -0.25) is 19.8 Å². The topological polar surface area (TPSA) is 92.1 Å². The Morgan fingerprint density at radius 2 is 1.82 bits per heavy atom. The summed E-state index contributed by atoms with van der Waals surface area (Å²) in [7, 11) is 6.16. The molecule has 1 aliphatic heterocycles. The van der Waals surface area contributed by atoms with E-state index in [0.29, 0.717) is 17.6 Å². The van der Waals surface area contributed by atoms with Crippen molar-refractivity contribution in [1.82, 2.24) is 29.6 Å². The average Bonchev–Trinajstić information content (AvgIpc) is 3.30. The molecule has 5 rings (SSSR count). The molecular formula is C25H28N8O. The van der Waals surface area contributed by atoms with Gasteiger partial charge >= 0.3 is 0 Å². The lowest BCUT2D eigenvalue weighted by atomic mass is 10.0. The second-order valence-corrected chi connectivity index (χ2v) is 8.88. The van der Waals surface area contributed by atoms with E-state index in [1.165, 1.54) is 0 Å². The predicted octanol–water partition coefficient (Wildman–Crippen LogP) is 3.21. The summed E-state index contributed by atoms with van der Waals surface area (Å²) in [6, 6.07) is 10.1. The number of rotatable bonds is 5. The number of anilines is 2. The van der Waals surface area contributed by atoms with Gasteiger partial charge in [-0.15, -0.1) is 0 Å². The first-order valence-corrected chi connectivity index (χ1v) is 11.4. The molecule has 0 unspecified atom stereocenters. The zero-order valence-corrected chi connectivity index (χ0v) is 19.6. The number of pyridine rings is 1. The van der Waals surface area contributed by atoms with Crippen molar-refractivity contribution in [3.8, 4) is 11.1 Å². The zero-order valence-electron chi connectivity index (χ0n) is 19.6. The maximum absolute atomic E-state index is 12.8. The molecule has 0 spiro atoms. The molecule has 1 saturated heterocycles. The van der Waals surface area contributed by atoms with Crippen molar-refractivity contribution in [2.45, 2.75) is 18.9 Å².